The Kier molecular flexibility index (Phi) is 6.51. The molecule has 1 aromatic carbocycles. The van der Waals surface area contributed by atoms with E-state index >= 15 is 0 Å². The van der Waals surface area contributed by atoms with Crippen molar-refractivity contribution >= 4 is 29.1 Å². The van der Waals surface area contributed by atoms with Gasteiger partial charge in [-0.15, -0.1) is 10.2 Å². The molecule has 8 nitrogen and oxygen atoms in total. The summed E-state index contributed by atoms with van der Waals surface area (Å²) in [6.45, 7) is 12.6. The van der Waals surface area contributed by atoms with Crippen LogP contribution in [0, 0.1) is 0 Å². The van der Waals surface area contributed by atoms with Crippen LogP contribution in [-0.2, 0) is 0 Å². The van der Waals surface area contributed by atoms with E-state index in [1.807, 2.05) is 31.3 Å². The maximum atomic E-state index is 10.7. The molecule has 0 radical (unpaired) electrons. The Labute approximate surface area is 207 Å². The number of hydrogen-bond donors (Lipinski definition) is 3. The molecule has 0 spiro atoms. The minimum absolute atomic E-state index is 0.0428. The molecule has 3 aromatic rings. The molecule has 0 amide bonds. The highest BCUT2D eigenvalue weighted by atomic mass is 16.3. The lowest BCUT2D eigenvalue weighted by molar-refractivity contribution is 0.160. The average molecular weight is 474 g/mol. The van der Waals surface area contributed by atoms with Crippen LogP contribution >= 0.6 is 0 Å². The number of hydrogen-bond acceptors (Lipinski definition) is 8. The van der Waals surface area contributed by atoms with Crippen LogP contribution < -0.4 is 15.5 Å². The third-order valence-corrected chi connectivity index (χ3v) is 6.55. The van der Waals surface area contributed by atoms with E-state index in [0.717, 1.165) is 29.6 Å². The first-order valence-corrected chi connectivity index (χ1v) is 11.9. The van der Waals surface area contributed by atoms with Gasteiger partial charge in [-0.25, -0.2) is 0 Å². The molecule has 1 aliphatic rings. The van der Waals surface area contributed by atoms with Crippen molar-refractivity contribution in [2.45, 2.75) is 57.7 Å². The molecule has 2 aromatic heterocycles. The van der Waals surface area contributed by atoms with Gasteiger partial charge < -0.3 is 20.6 Å². The highest BCUT2D eigenvalue weighted by molar-refractivity contribution is 5.89. The normalized spacial score (nSPS) is 17.8. The first kappa shape index (κ1) is 24.6. The van der Waals surface area contributed by atoms with Crippen molar-refractivity contribution in [2.75, 3.05) is 19.0 Å². The van der Waals surface area contributed by atoms with Crippen LogP contribution in [0.5, 0.6) is 5.75 Å². The SMILES string of the molecule is C=N/C(=C\NC)c1cnc2cc(O)c(-c3ccc(N(C)C4CC(C)(C)NC(C)(C)C4)nn3)cc2c1. The number of rotatable bonds is 6. The number of benzene rings is 1. The predicted octanol–water partition coefficient (Wildman–Crippen LogP) is 4.36. The number of phenolic OH excluding ortho intramolecular Hbond substituents is 1. The van der Waals surface area contributed by atoms with Crippen molar-refractivity contribution in [1.82, 2.24) is 25.8 Å². The highest BCUT2D eigenvalue weighted by Gasteiger charge is 2.39. The molecular weight excluding hydrogens is 438 g/mol. The van der Waals surface area contributed by atoms with E-state index in [2.05, 4.69) is 77.2 Å². The van der Waals surface area contributed by atoms with Crippen LogP contribution in [0.1, 0.15) is 46.1 Å². The summed E-state index contributed by atoms with van der Waals surface area (Å²) in [4.78, 5) is 10.8. The second-order valence-corrected chi connectivity index (χ2v) is 10.6. The third kappa shape index (κ3) is 5.27. The van der Waals surface area contributed by atoms with E-state index < -0.39 is 0 Å². The van der Waals surface area contributed by atoms with Crippen molar-refractivity contribution in [3.05, 3.63) is 48.3 Å². The summed E-state index contributed by atoms with van der Waals surface area (Å²) in [6.07, 6.45) is 5.51. The van der Waals surface area contributed by atoms with Crippen molar-refractivity contribution in [3.63, 3.8) is 0 Å². The van der Waals surface area contributed by atoms with E-state index in [9.17, 15) is 5.11 Å². The number of nitrogens with zero attached hydrogens (tertiary/aromatic N) is 5. The van der Waals surface area contributed by atoms with Gasteiger partial charge in [0.15, 0.2) is 5.82 Å². The molecule has 3 heterocycles. The number of phenols is 1. The molecule has 35 heavy (non-hydrogen) atoms. The third-order valence-electron chi connectivity index (χ3n) is 6.55. The maximum absolute atomic E-state index is 10.7. The molecule has 1 fully saturated rings. The molecule has 0 saturated carbocycles. The van der Waals surface area contributed by atoms with Gasteiger partial charge >= 0.3 is 0 Å². The zero-order chi connectivity index (χ0) is 25.4. The summed E-state index contributed by atoms with van der Waals surface area (Å²) in [6, 6.07) is 9.73. The lowest BCUT2D eigenvalue weighted by Crippen LogP contribution is -2.62. The number of aromatic hydroxyl groups is 1. The van der Waals surface area contributed by atoms with Gasteiger partial charge in [-0.3, -0.25) is 9.98 Å². The number of aromatic nitrogens is 3. The molecule has 1 saturated heterocycles. The van der Waals surface area contributed by atoms with Crippen LogP contribution in [-0.4, -0.2) is 58.2 Å². The Morgan fingerprint density at radius 2 is 1.89 bits per heavy atom. The van der Waals surface area contributed by atoms with Crippen molar-refractivity contribution in [3.8, 4) is 17.0 Å². The Morgan fingerprint density at radius 1 is 1.17 bits per heavy atom. The first-order chi connectivity index (χ1) is 16.5. The standard InChI is InChI=1S/C27H35N7O/c1-26(2)13-19(14-27(3,4)33-26)34(7)25-9-8-21(31-32-25)20-11-17-10-18(23(29-6)16-28-5)15-30-22(17)12-24(20)35/h8-12,15-16,19,28,33,35H,6,13-14H2,1-5,7H3/b23-16-. The summed E-state index contributed by atoms with van der Waals surface area (Å²) in [5, 5.41) is 27.2. The lowest BCUT2D eigenvalue weighted by Gasteiger charge is -2.49. The summed E-state index contributed by atoms with van der Waals surface area (Å²) < 4.78 is 0. The first-order valence-electron chi connectivity index (χ1n) is 11.9. The van der Waals surface area contributed by atoms with Gasteiger partial charge in [0.1, 0.15) is 5.75 Å². The Hall–Kier alpha value is -3.52. The summed E-state index contributed by atoms with van der Waals surface area (Å²) in [7, 11) is 3.89. The minimum atomic E-state index is 0.0428. The van der Waals surface area contributed by atoms with Crippen molar-refractivity contribution in [2.24, 2.45) is 4.99 Å². The Balaban J connectivity index is 1.63. The number of piperidine rings is 1. The van der Waals surface area contributed by atoms with Gasteiger partial charge in [-0.2, -0.15) is 0 Å². The van der Waals surface area contributed by atoms with Gasteiger partial charge in [-0.05, 0) is 71.5 Å². The lowest BCUT2D eigenvalue weighted by atomic mass is 9.79. The van der Waals surface area contributed by atoms with Gasteiger partial charge in [0.05, 0.1) is 16.9 Å². The van der Waals surface area contributed by atoms with Gasteiger partial charge in [0, 0.05) is 66.2 Å². The number of fused-ring (bicyclic) bond motifs is 1. The highest BCUT2D eigenvalue weighted by Crippen LogP contribution is 2.35. The molecular formula is C27H35N7O. The molecule has 0 bridgehead atoms. The molecule has 1 aliphatic heterocycles. The zero-order valence-corrected chi connectivity index (χ0v) is 21.4. The smallest absolute Gasteiger partial charge is 0.151 e. The molecule has 0 atom stereocenters. The Bertz CT molecular complexity index is 1250. The molecule has 3 N–H and O–H groups in total. The summed E-state index contributed by atoms with van der Waals surface area (Å²) in [5.41, 5.74) is 3.49. The topological polar surface area (TPSA) is 98.6 Å². The quantitative estimate of drug-likeness (QED) is 0.458. The fourth-order valence-corrected chi connectivity index (χ4v) is 5.25. The van der Waals surface area contributed by atoms with Crippen LogP contribution in [0.4, 0.5) is 5.82 Å². The van der Waals surface area contributed by atoms with E-state index in [0.29, 0.717) is 28.5 Å². The average Bonchev–Trinajstić information content (AvgIpc) is 2.79. The molecule has 4 rings (SSSR count). The molecule has 0 unspecified atom stereocenters. The van der Waals surface area contributed by atoms with E-state index in [-0.39, 0.29) is 16.8 Å². The van der Waals surface area contributed by atoms with Crippen LogP contribution in [0.15, 0.2) is 47.7 Å². The van der Waals surface area contributed by atoms with Crippen LogP contribution in [0.2, 0.25) is 0 Å². The molecule has 0 aliphatic carbocycles. The number of pyridine rings is 1. The van der Waals surface area contributed by atoms with Crippen LogP contribution in [0.25, 0.3) is 27.9 Å². The van der Waals surface area contributed by atoms with Crippen molar-refractivity contribution < 1.29 is 5.11 Å². The van der Waals surface area contributed by atoms with Gasteiger partial charge in [0.2, 0.25) is 0 Å². The number of aliphatic imine (C=N–C) groups is 1. The van der Waals surface area contributed by atoms with Crippen molar-refractivity contribution in [1.29, 1.82) is 0 Å². The summed E-state index contributed by atoms with van der Waals surface area (Å²) in [5.74, 6) is 0.929. The Morgan fingerprint density at radius 3 is 2.49 bits per heavy atom. The molecule has 8 heteroatoms. The fourth-order valence-electron chi connectivity index (χ4n) is 5.25. The molecule has 184 valence electrons. The number of anilines is 1. The second-order valence-electron chi connectivity index (χ2n) is 10.6. The number of nitrogens with one attached hydrogen (secondary N) is 2. The fraction of sp³-hybridized carbons (Fsp3) is 0.407. The van der Waals surface area contributed by atoms with Crippen LogP contribution in [0.3, 0.4) is 0 Å². The second kappa shape index (κ2) is 9.26. The van der Waals surface area contributed by atoms with Gasteiger partial charge in [0.25, 0.3) is 0 Å². The van der Waals surface area contributed by atoms with E-state index in [1.165, 1.54) is 0 Å². The van der Waals surface area contributed by atoms with E-state index in [1.54, 1.807) is 18.5 Å². The van der Waals surface area contributed by atoms with Gasteiger partial charge in [-0.1, -0.05) is 0 Å². The monoisotopic (exact) mass is 473 g/mol. The summed E-state index contributed by atoms with van der Waals surface area (Å²) >= 11 is 0. The van der Waals surface area contributed by atoms with E-state index in [4.69, 9.17) is 0 Å². The predicted molar refractivity (Wildman–Crippen MR) is 144 cm³/mol. The minimum Gasteiger partial charge on any atom is -0.507 e. The maximum Gasteiger partial charge on any atom is 0.151 e. The zero-order valence-electron chi connectivity index (χ0n) is 21.4. The largest absolute Gasteiger partial charge is 0.507 e.